The monoisotopic (exact) mass is 299 g/mol. The number of ether oxygens (including phenoxy) is 1. The number of hydrogen-bond donors (Lipinski definition) is 1. The Balaban J connectivity index is 4.25. The van der Waals surface area contributed by atoms with Crippen LogP contribution in [-0.2, 0) is 14.3 Å². The summed E-state index contributed by atoms with van der Waals surface area (Å²) in [6.45, 7) is 11.5. The summed E-state index contributed by atoms with van der Waals surface area (Å²) in [5, 5.41) is 2.82. The maximum atomic E-state index is 12.1. The van der Waals surface area contributed by atoms with Crippen molar-refractivity contribution in [2.45, 2.75) is 91.7 Å². The molecule has 0 radical (unpaired) electrons. The van der Waals surface area contributed by atoms with Gasteiger partial charge in [0, 0.05) is 6.42 Å². The van der Waals surface area contributed by atoms with Gasteiger partial charge in [0.05, 0.1) is 0 Å². The Kier molecular flexibility index (Phi) is 9.31. The van der Waals surface area contributed by atoms with Crippen molar-refractivity contribution in [3.8, 4) is 0 Å². The van der Waals surface area contributed by atoms with E-state index in [1.165, 1.54) is 19.3 Å². The molecule has 0 fully saturated rings. The highest BCUT2D eigenvalue weighted by Crippen LogP contribution is 2.13. The molecule has 0 bridgehead atoms. The van der Waals surface area contributed by atoms with Crippen LogP contribution < -0.4 is 5.32 Å². The average molecular weight is 299 g/mol. The summed E-state index contributed by atoms with van der Waals surface area (Å²) in [7, 11) is 0. The van der Waals surface area contributed by atoms with Crippen LogP contribution >= 0.6 is 0 Å². The van der Waals surface area contributed by atoms with Crippen LogP contribution in [0, 0.1) is 5.92 Å². The minimum absolute atomic E-state index is 0.0175. The maximum Gasteiger partial charge on any atom is 0.329 e. The fraction of sp³-hybridized carbons (Fsp3) is 0.882. The molecule has 0 saturated carbocycles. The van der Waals surface area contributed by atoms with Gasteiger partial charge in [-0.1, -0.05) is 46.5 Å². The molecule has 0 aromatic carbocycles. The van der Waals surface area contributed by atoms with E-state index < -0.39 is 11.6 Å². The van der Waals surface area contributed by atoms with E-state index in [2.05, 4.69) is 12.2 Å². The highest BCUT2D eigenvalue weighted by molar-refractivity contribution is 5.84. The zero-order valence-electron chi connectivity index (χ0n) is 14.6. The number of hydrogen-bond acceptors (Lipinski definition) is 3. The molecule has 0 aromatic rings. The lowest BCUT2D eigenvalue weighted by Gasteiger charge is -2.26. The van der Waals surface area contributed by atoms with E-state index in [4.69, 9.17) is 4.74 Å². The summed E-state index contributed by atoms with van der Waals surface area (Å²) in [4.78, 5) is 24.1. The van der Waals surface area contributed by atoms with Crippen molar-refractivity contribution in [1.82, 2.24) is 5.32 Å². The summed E-state index contributed by atoms with van der Waals surface area (Å²) in [5.74, 6) is -0.392. The number of esters is 1. The van der Waals surface area contributed by atoms with Gasteiger partial charge in [-0.25, -0.2) is 4.79 Å². The number of unbranched alkanes of at least 4 members (excludes halogenated alkanes) is 4. The van der Waals surface area contributed by atoms with Crippen molar-refractivity contribution >= 4 is 11.9 Å². The van der Waals surface area contributed by atoms with Crippen molar-refractivity contribution in [2.24, 2.45) is 5.92 Å². The van der Waals surface area contributed by atoms with E-state index in [0.717, 1.165) is 12.8 Å². The fourth-order valence-corrected chi connectivity index (χ4v) is 2.00. The molecule has 0 aliphatic heterocycles. The van der Waals surface area contributed by atoms with Crippen molar-refractivity contribution < 1.29 is 14.3 Å². The number of nitrogens with one attached hydrogen (secondary N) is 1. The van der Waals surface area contributed by atoms with Crippen molar-refractivity contribution in [2.75, 3.05) is 0 Å². The summed E-state index contributed by atoms with van der Waals surface area (Å²) < 4.78 is 5.37. The third kappa shape index (κ3) is 10.3. The van der Waals surface area contributed by atoms with Gasteiger partial charge in [0.15, 0.2) is 0 Å². The minimum atomic E-state index is -0.563. The van der Waals surface area contributed by atoms with E-state index in [1.807, 2.05) is 34.6 Å². The molecule has 0 aliphatic rings. The molecular formula is C17H33NO3. The van der Waals surface area contributed by atoms with E-state index >= 15 is 0 Å². The summed E-state index contributed by atoms with van der Waals surface area (Å²) >= 11 is 0. The van der Waals surface area contributed by atoms with E-state index in [-0.39, 0.29) is 17.8 Å². The molecular weight excluding hydrogens is 266 g/mol. The van der Waals surface area contributed by atoms with Gasteiger partial charge in [0.1, 0.15) is 11.6 Å². The molecule has 0 aliphatic carbocycles. The molecule has 1 N–H and O–H groups in total. The van der Waals surface area contributed by atoms with Crippen LogP contribution in [0.4, 0.5) is 0 Å². The smallest absolute Gasteiger partial charge is 0.329 e. The Labute approximate surface area is 130 Å². The number of amides is 1. The van der Waals surface area contributed by atoms with Crippen molar-refractivity contribution in [1.29, 1.82) is 0 Å². The largest absolute Gasteiger partial charge is 0.458 e. The van der Waals surface area contributed by atoms with Gasteiger partial charge in [-0.05, 0) is 33.1 Å². The SMILES string of the molecule is CCCCCCCC(=O)N[C@@H](C(=O)OC(C)(C)C)C(C)C. The number of rotatable bonds is 9. The maximum absolute atomic E-state index is 12.1. The van der Waals surface area contributed by atoms with Crippen LogP contribution in [0.5, 0.6) is 0 Å². The lowest BCUT2D eigenvalue weighted by Crippen LogP contribution is -2.47. The molecule has 124 valence electrons. The van der Waals surface area contributed by atoms with Crippen LogP contribution in [0.15, 0.2) is 0 Å². The van der Waals surface area contributed by atoms with Gasteiger partial charge in [0.25, 0.3) is 0 Å². The van der Waals surface area contributed by atoms with Gasteiger partial charge in [-0.15, -0.1) is 0 Å². The molecule has 0 spiro atoms. The normalized spacial score (nSPS) is 13.1. The number of carbonyl (C=O) groups is 2. The summed E-state index contributed by atoms with van der Waals surface area (Å²) in [5.41, 5.74) is -0.533. The fourth-order valence-electron chi connectivity index (χ4n) is 2.00. The summed E-state index contributed by atoms with van der Waals surface area (Å²) in [6.07, 6.45) is 6.01. The molecule has 4 nitrogen and oxygen atoms in total. The van der Waals surface area contributed by atoms with Crippen LogP contribution in [0.3, 0.4) is 0 Å². The highest BCUT2D eigenvalue weighted by atomic mass is 16.6. The first-order chi connectivity index (χ1) is 9.67. The Morgan fingerprint density at radius 3 is 2.10 bits per heavy atom. The second-order valence-corrected chi connectivity index (χ2v) is 6.99. The van der Waals surface area contributed by atoms with E-state index in [0.29, 0.717) is 6.42 Å². The average Bonchev–Trinajstić information content (AvgIpc) is 2.33. The lowest BCUT2D eigenvalue weighted by atomic mass is 10.0. The first kappa shape index (κ1) is 19.9. The molecule has 0 unspecified atom stereocenters. The van der Waals surface area contributed by atoms with Gasteiger partial charge in [-0.3, -0.25) is 4.79 Å². The third-order valence-electron chi connectivity index (χ3n) is 3.15. The quantitative estimate of drug-likeness (QED) is 0.520. The Hall–Kier alpha value is -1.06. The molecule has 4 heteroatoms. The van der Waals surface area contributed by atoms with Gasteiger partial charge in [-0.2, -0.15) is 0 Å². The first-order valence-corrected chi connectivity index (χ1v) is 8.19. The van der Waals surface area contributed by atoms with Crippen LogP contribution in [0.1, 0.15) is 80.1 Å². The molecule has 0 heterocycles. The topological polar surface area (TPSA) is 55.4 Å². The predicted molar refractivity (Wildman–Crippen MR) is 86.0 cm³/mol. The first-order valence-electron chi connectivity index (χ1n) is 8.19. The second-order valence-electron chi connectivity index (χ2n) is 6.99. The zero-order valence-corrected chi connectivity index (χ0v) is 14.6. The highest BCUT2D eigenvalue weighted by Gasteiger charge is 2.28. The zero-order chi connectivity index (χ0) is 16.5. The van der Waals surface area contributed by atoms with Gasteiger partial charge >= 0.3 is 5.97 Å². The number of carbonyl (C=O) groups excluding carboxylic acids is 2. The van der Waals surface area contributed by atoms with E-state index in [1.54, 1.807) is 0 Å². The standard InChI is InChI=1S/C17H33NO3/c1-7-8-9-10-11-12-14(19)18-15(13(2)3)16(20)21-17(4,5)6/h13,15H,7-12H2,1-6H3,(H,18,19)/t15-/m1/s1. The molecule has 0 aromatic heterocycles. The second kappa shape index (κ2) is 9.80. The van der Waals surface area contributed by atoms with Crippen molar-refractivity contribution in [3.63, 3.8) is 0 Å². The lowest BCUT2D eigenvalue weighted by molar-refractivity contribution is -0.160. The van der Waals surface area contributed by atoms with Gasteiger partial charge in [0.2, 0.25) is 5.91 Å². The Bertz CT molecular complexity index is 318. The minimum Gasteiger partial charge on any atom is -0.458 e. The van der Waals surface area contributed by atoms with Crippen LogP contribution in [-0.4, -0.2) is 23.5 Å². The van der Waals surface area contributed by atoms with Crippen molar-refractivity contribution in [3.05, 3.63) is 0 Å². The molecule has 1 atom stereocenters. The van der Waals surface area contributed by atoms with E-state index in [9.17, 15) is 9.59 Å². The summed E-state index contributed by atoms with van der Waals surface area (Å²) in [6, 6.07) is -0.563. The molecule has 0 saturated heterocycles. The van der Waals surface area contributed by atoms with Crippen LogP contribution in [0.2, 0.25) is 0 Å². The van der Waals surface area contributed by atoms with Gasteiger partial charge < -0.3 is 10.1 Å². The molecule has 0 rings (SSSR count). The van der Waals surface area contributed by atoms with Crippen LogP contribution in [0.25, 0.3) is 0 Å². The predicted octanol–water partition coefficient (Wildman–Crippen LogP) is 3.83. The molecule has 21 heavy (non-hydrogen) atoms. The molecule has 1 amide bonds. The Morgan fingerprint density at radius 1 is 1.05 bits per heavy atom. The third-order valence-corrected chi connectivity index (χ3v) is 3.15. The Morgan fingerprint density at radius 2 is 1.62 bits per heavy atom.